The summed E-state index contributed by atoms with van der Waals surface area (Å²) in [5, 5.41) is 21.1. The molecule has 3 aromatic rings. The Morgan fingerprint density at radius 1 is 1.25 bits per heavy atom. The van der Waals surface area contributed by atoms with Gasteiger partial charge >= 0.3 is 6.18 Å². The van der Waals surface area contributed by atoms with Gasteiger partial charge in [-0.15, -0.1) is 0 Å². The lowest BCUT2D eigenvalue weighted by Gasteiger charge is -2.56. The molecule has 4 aliphatic rings. The fourth-order valence-electron chi connectivity index (χ4n) is 6.97. The van der Waals surface area contributed by atoms with E-state index in [1.807, 2.05) is 18.5 Å². The predicted molar refractivity (Wildman–Crippen MR) is 146 cm³/mol. The number of ether oxygens (including phenoxy) is 1. The molecule has 228 valence electrons. The number of carbonyl (C=O) groups is 1. The average Bonchev–Trinajstić information content (AvgIpc) is 3.49. The number of carbonyl (C=O) groups excluding carboxylic acids is 1. The van der Waals surface area contributed by atoms with Crippen molar-refractivity contribution in [3.05, 3.63) is 65.9 Å². The summed E-state index contributed by atoms with van der Waals surface area (Å²) in [5.41, 5.74) is -0.665. The summed E-state index contributed by atoms with van der Waals surface area (Å²) < 4.78 is 62.7. The van der Waals surface area contributed by atoms with Crippen molar-refractivity contribution in [3.63, 3.8) is 0 Å². The lowest BCUT2D eigenvalue weighted by atomic mass is 9.70. The summed E-state index contributed by atoms with van der Waals surface area (Å²) in [5.74, 6) is -2.02. The number of amides is 1. The molecule has 0 saturated carbocycles. The van der Waals surface area contributed by atoms with Gasteiger partial charge in [0.15, 0.2) is 11.5 Å². The summed E-state index contributed by atoms with van der Waals surface area (Å²) in [6.45, 7) is 1.18. The van der Waals surface area contributed by atoms with Gasteiger partial charge in [-0.1, -0.05) is 6.08 Å². The smallest absolute Gasteiger partial charge is 0.376 e. The summed E-state index contributed by atoms with van der Waals surface area (Å²) in [4.78, 5) is 26.7. The Morgan fingerprint density at radius 3 is 2.89 bits per heavy atom. The highest BCUT2D eigenvalue weighted by Gasteiger charge is 2.56. The fraction of sp³-hybridized carbons (Fsp3) is 0.448. The second-order valence-electron chi connectivity index (χ2n) is 11.7. The van der Waals surface area contributed by atoms with Gasteiger partial charge in [0.25, 0.3) is 5.91 Å². The van der Waals surface area contributed by atoms with Crippen molar-refractivity contribution < 1.29 is 27.1 Å². The standard InChI is InChI=1S/C29H27F4N9O2/c30-21-19(3-7-35-24(21)29(31,32)33)27(43)41-10-16-8-17(11-41)23(44-13-16)25-28(4-5-34,14-37-25)42-12-18(9-40-42)22-20-2-1-6-36-26(20)39-15-38-22/h1,3,6-7,9,12,15-17,23,25,37H,2,4,8,10-11,13-14H2,(H,36,38,39). The van der Waals surface area contributed by atoms with Crippen molar-refractivity contribution in [1.29, 1.82) is 5.26 Å². The van der Waals surface area contributed by atoms with Crippen molar-refractivity contribution >= 4 is 11.7 Å². The van der Waals surface area contributed by atoms with E-state index in [1.165, 1.54) is 11.2 Å². The Hall–Kier alpha value is -4.42. The van der Waals surface area contributed by atoms with Gasteiger partial charge in [-0.05, 0) is 25.1 Å². The molecular formula is C29H27F4N9O2. The van der Waals surface area contributed by atoms with E-state index in [-0.39, 0.29) is 37.4 Å². The monoisotopic (exact) mass is 609 g/mol. The van der Waals surface area contributed by atoms with Crippen LogP contribution in [0, 0.1) is 29.0 Å². The Kier molecular flexibility index (Phi) is 6.85. The maximum absolute atomic E-state index is 14.8. The van der Waals surface area contributed by atoms with Crippen molar-refractivity contribution in [2.75, 3.05) is 31.6 Å². The van der Waals surface area contributed by atoms with E-state index in [9.17, 15) is 27.6 Å². The van der Waals surface area contributed by atoms with Crippen LogP contribution < -0.4 is 10.6 Å². The number of hydrogen-bond acceptors (Lipinski definition) is 9. The number of alkyl halides is 3. The molecule has 4 aliphatic heterocycles. The molecule has 1 amide bonds. The molecule has 2 N–H and O–H groups in total. The first-order valence-electron chi connectivity index (χ1n) is 14.2. The molecule has 0 spiro atoms. The molecule has 15 heteroatoms. The highest BCUT2D eigenvalue weighted by atomic mass is 19.4. The van der Waals surface area contributed by atoms with Crippen LogP contribution in [0.25, 0.3) is 11.3 Å². The largest absolute Gasteiger partial charge is 0.436 e. The van der Waals surface area contributed by atoms with Crippen molar-refractivity contribution in [3.8, 4) is 17.3 Å². The van der Waals surface area contributed by atoms with E-state index in [2.05, 4.69) is 36.8 Å². The number of rotatable bonds is 5. The molecule has 0 aliphatic carbocycles. The quantitative estimate of drug-likeness (QED) is 0.419. The molecule has 0 radical (unpaired) electrons. The molecule has 5 unspecified atom stereocenters. The minimum atomic E-state index is -5.02. The number of fused-ring (bicyclic) bond motifs is 3. The Balaban J connectivity index is 1.15. The molecule has 11 nitrogen and oxygen atoms in total. The molecule has 3 saturated heterocycles. The first kappa shape index (κ1) is 28.4. The molecule has 3 fully saturated rings. The minimum absolute atomic E-state index is 0.0608. The molecule has 2 bridgehead atoms. The predicted octanol–water partition coefficient (Wildman–Crippen LogP) is 3.13. The summed E-state index contributed by atoms with van der Waals surface area (Å²) in [6.07, 6.45) is 5.75. The van der Waals surface area contributed by atoms with Crippen LogP contribution in [-0.4, -0.2) is 73.9 Å². The second-order valence-corrected chi connectivity index (χ2v) is 11.7. The third-order valence-electron chi connectivity index (χ3n) is 9.07. The minimum Gasteiger partial charge on any atom is -0.376 e. The van der Waals surface area contributed by atoms with Gasteiger partial charge in [0.1, 0.15) is 17.7 Å². The highest BCUT2D eigenvalue weighted by molar-refractivity contribution is 5.94. The Morgan fingerprint density at radius 2 is 2.11 bits per heavy atom. The molecule has 7 rings (SSSR count). The molecule has 44 heavy (non-hydrogen) atoms. The van der Waals surface area contributed by atoms with Gasteiger partial charge in [0, 0.05) is 55.0 Å². The zero-order valence-electron chi connectivity index (χ0n) is 23.3. The lowest BCUT2D eigenvalue weighted by Crippen LogP contribution is -2.75. The van der Waals surface area contributed by atoms with Crippen LogP contribution in [0.4, 0.5) is 23.4 Å². The number of nitriles is 1. The number of pyridine rings is 1. The van der Waals surface area contributed by atoms with Crippen LogP contribution in [0.15, 0.2) is 43.3 Å². The summed E-state index contributed by atoms with van der Waals surface area (Å²) in [7, 11) is 0. The van der Waals surface area contributed by atoms with E-state index in [4.69, 9.17) is 4.74 Å². The maximum Gasteiger partial charge on any atom is 0.436 e. The number of allylic oxidation sites excluding steroid dienone is 1. The number of aromatic nitrogens is 5. The molecule has 3 aromatic heterocycles. The number of piperidine rings is 1. The summed E-state index contributed by atoms with van der Waals surface area (Å²) in [6, 6.07) is 2.94. The number of nitrogens with one attached hydrogen (secondary N) is 2. The second kappa shape index (κ2) is 10.6. The molecular weight excluding hydrogens is 582 g/mol. The topological polar surface area (TPSA) is 134 Å². The molecule has 0 aromatic carbocycles. The number of halogens is 4. The third-order valence-corrected chi connectivity index (χ3v) is 9.07. The summed E-state index contributed by atoms with van der Waals surface area (Å²) >= 11 is 0. The van der Waals surface area contributed by atoms with Gasteiger partial charge < -0.3 is 20.3 Å². The van der Waals surface area contributed by atoms with E-state index < -0.39 is 40.8 Å². The van der Waals surface area contributed by atoms with Crippen LogP contribution in [0.1, 0.15) is 34.5 Å². The van der Waals surface area contributed by atoms with Crippen LogP contribution in [0.2, 0.25) is 0 Å². The van der Waals surface area contributed by atoms with E-state index in [0.717, 1.165) is 41.3 Å². The molecule has 5 atom stereocenters. The van der Waals surface area contributed by atoms with Gasteiger partial charge in [-0.3, -0.25) is 9.48 Å². The van der Waals surface area contributed by atoms with E-state index in [1.54, 1.807) is 10.9 Å². The average molecular weight is 610 g/mol. The zero-order chi connectivity index (χ0) is 30.6. The van der Waals surface area contributed by atoms with Crippen molar-refractivity contribution in [2.24, 2.45) is 11.8 Å². The number of likely N-dealkylation sites (tertiary alicyclic amines) is 1. The van der Waals surface area contributed by atoms with Crippen molar-refractivity contribution in [2.45, 2.75) is 43.1 Å². The lowest BCUT2D eigenvalue weighted by molar-refractivity contribution is -0.143. The van der Waals surface area contributed by atoms with Crippen LogP contribution >= 0.6 is 0 Å². The Bertz CT molecular complexity index is 1690. The van der Waals surface area contributed by atoms with Gasteiger partial charge in [-0.2, -0.15) is 23.5 Å². The van der Waals surface area contributed by atoms with Crippen LogP contribution in [0.5, 0.6) is 0 Å². The number of nitrogens with zero attached hydrogens (tertiary/aromatic N) is 7. The maximum atomic E-state index is 14.8. The first-order chi connectivity index (χ1) is 21.2. The number of anilines is 1. The molecule has 7 heterocycles. The third kappa shape index (κ3) is 4.60. The van der Waals surface area contributed by atoms with E-state index >= 15 is 0 Å². The highest BCUT2D eigenvalue weighted by Crippen LogP contribution is 2.43. The van der Waals surface area contributed by atoms with Gasteiger partial charge in [0.05, 0.1) is 48.7 Å². The van der Waals surface area contributed by atoms with E-state index in [0.29, 0.717) is 19.6 Å². The van der Waals surface area contributed by atoms with Gasteiger partial charge in [-0.25, -0.2) is 19.3 Å². The number of hydrogen-bond donors (Lipinski definition) is 2. The van der Waals surface area contributed by atoms with Crippen LogP contribution in [-0.2, 0) is 22.9 Å². The van der Waals surface area contributed by atoms with Gasteiger partial charge in [0.2, 0.25) is 0 Å². The Labute approximate surface area is 248 Å². The normalized spacial score (nSPS) is 27.6. The SMILES string of the molecule is N#CCC1(n2cc(-c3ncnc4c3CC=CN4)cn2)CNC1C1OCC2CC1CN(C(=O)c1ccnc(C(F)(F)F)c1F)C2. The van der Waals surface area contributed by atoms with Crippen LogP contribution in [0.3, 0.4) is 0 Å². The first-order valence-corrected chi connectivity index (χ1v) is 14.2. The zero-order valence-corrected chi connectivity index (χ0v) is 23.3. The fourth-order valence-corrected chi connectivity index (χ4v) is 6.97. The van der Waals surface area contributed by atoms with Crippen molar-refractivity contribution in [1.82, 2.24) is 34.9 Å².